The maximum atomic E-state index is 13.6. The monoisotopic (exact) mass is 513 g/mol. The third-order valence-electron chi connectivity index (χ3n) is 6.69. The summed E-state index contributed by atoms with van der Waals surface area (Å²) in [5.41, 5.74) is 5.86. The van der Waals surface area contributed by atoms with Crippen molar-refractivity contribution in [3.05, 3.63) is 101 Å². The molecule has 2 heterocycles. The lowest BCUT2D eigenvalue weighted by molar-refractivity contribution is -0.130. The number of amides is 1. The number of carbonyl (C=O) groups excluding carboxylic acids is 1. The van der Waals surface area contributed by atoms with Crippen molar-refractivity contribution < 1.29 is 9.21 Å². The van der Waals surface area contributed by atoms with Gasteiger partial charge in [0, 0.05) is 10.9 Å². The minimum Gasteiger partial charge on any atom is -0.431 e. The van der Waals surface area contributed by atoms with Crippen LogP contribution in [0.3, 0.4) is 0 Å². The van der Waals surface area contributed by atoms with Gasteiger partial charge in [0.1, 0.15) is 5.52 Å². The minimum absolute atomic E-state index is 0.0601. The molecule has 1 amide bonds. The van der Waals surface area contributed by atoms with Gasteiger partial charge >= 0.3 is 0 Å². The molecule has 5 nitrogen and oxygen atoms in total. The molecule has 36 heavy (non-hydrogen) atoms. The second-order valence-electron chi connectivity index (χ2n) is 9.04. The molecule has 4 aromatic rings. The second kappa shape index (κ2) is 9.96. The van der Waals surface area contributed by atoms with Gasteiger partial charge in [-0.3, -0.25) is 4.79 Å². The van der Waals surface area contributed by atoms with Crippen LogP contribution in [-0.2, 0) is 4.79 Å². The summed E-state index contributed by atoms with van der Waals surface area (Å²) in [5, 5.41) is 7.71. The van der Waals surface area contributed by atoms with Crippen molar-refractivity contribution in [3.8, 4) is 0 Å². The number of nitrogens with zero attached hydrogens (tertiary/aromatic N) is 3. The van der Waals surface area contributed by atoms with Crippen molar-refractivity contribution in [2.75, 3.05) is 5.75 Å². The number of aromatic nitrogens is 1. The Bertz CT molecular complexity index is 1470. The standard InChI is InChI=1S/C29H24ClN3O2S/c30-22-14-15-25-24(17-22)31-29(35-25)36-18-26(34)33-28(20-10-5-2-6-11-20)23-13-7-12-21(27(23)32-33)16-19-8-3-1-4-9-19/h1-6,8-11,14-17,23,28H,7,12-13,18H2. The van der Waals surface area contributed by atoms with Crippen LogP contribution in [0.5, 0.6) is 0 Å². The summed E-state index contributed by atoms with van der Waals surface area (Å²) in [4.78, 5) is 18.0. The van der Waals surface area contributed by atoms with E-state index in [1.54, 1.807) is 23.2 Å². The lowest BCUT2D eigenvalue weighted by atomic mass is 9.77. The van der Waals surface area contributed by atoms with Gasteiger partial charge in [-0.25, -0.2) is 9.99 Å². The molecule has 1 aromatic heterocycles. The van der Waals surface area contributed by atoms with Gasteiger partial charge in [0.15, 0.2) is 5.58 Å². The maximum Gasteiger partial charge on any atom is 0.257 e. The number of rotatable bonds is 5. The summed E-state index contributed by atoms with van der Waals surface area (Å²) in [7, 11) is 0. The first-order valence-corrected chi connectivity index (χ1v) is 13.4. The van der Waals surface area contributed by atoms with Crippen LogP contribution in [0.15, 0.2) is 99.2 Å². The van der Waals surface area contributed by atoms with Gasteiger partial charge in [0.2, 0.25) is 0 Å². The summed E-state index contributed by atoms with van der Waals surface area (Å²) < 4.78 is 5.80. The molecule has 1 fully saturated rings. The number of halogens is 1. The van der Waals surface area contributed by atoms with Crippen LogP contribution >= 0.6 is 23.4 Å². The summed E-state index contributed by atoms with van der Waals surface area (Å²) in [6.45, 7) is 0. The van der Waals surface area contributed by atoms with Crippen molar-refractivity contribution >= 4 is 52.2 Å². The van der Waals surface area contributed by atoms with Crippen LogP contribution in [0, 0.1) is 5.92 Å². The molecule has 0 radical (unpaired) electrons. The second-order valence-corrected chi connectivity index (χ2v) is 10.4. The summed E-state index contributed by atoms with van der Waals surface area (Å²) in [6, 6.07) is 25.8. The Morgan fingerprint density at radius 2 is 1.86 bits per heavy atom. The summed E-state index contributed by atoms with van der Waals surface area (Å²) >= 11 is 7.35. The largest absolute Gasteiger partial charge is 0.431 e. The highest BCUT2D eigenvalue weighted by molar-refractivity contribution is 7.99. The molecule has 2 atom stereocenters. The molecule has 0 bridgehead atoms. The highest BCUT2D eigenvalue weighted by Crippen LogP contribution is 2.44. The van der Waals surface area contributed by atoms with Crippen LogP contribution in [0.4, 0.5) is 0 Å². The normalized spacial score (nSPS) is 20.5. The first-order chi connectivity index (χ1) is 17.7. The molecule has 0 saturated heterocycles. The Morgan fingerprint density at radius 3 is 2.67 bits per heavy atom. The van der Waals surface area contributed by atoms with Crippen molar-refractivity contribution in [3.63, 3.8) is 0 Å². The van der Waals surface area contributed by atoms with Crippen molar-refractivity contribution in [1.82, 2.24) is 9.99 Å². The van der Waals surface area contributed by atoms with E-state index in [0.29, 0.717) is 21.3 Å². The van der Waals surface area contributed by atoms with E-state index < -0.39 is 0 Å². The molecule has 7 heteroatoms. The van der Waals surface area contributed by atoms with Crippen LogP contribution in [-0.4, -0.2) is 27.4 Å². The predicted molar refractivity (Wildman–Crippen MR) is 145 cm³/mol. The fraction of sp³-hybridized carbons (Fsp3) is 0.207. The van der Waals surface area contributed by atoms with Crippen LogP contribution in [0.2, 0.25) is 5.02 Å². The third-order valence-corrected chi connectivity index (χ3v) is 7.74. The van der Waals surface area contributed by atoms with Crippen LogP contribution in [0.25, 0.3) is 17.2 Å². The zero-order chi connectivity index (χ0) is 24.5. The summed E-state index contributed by atoms with van der Waals surface area (Å²) in [5.74, 6) is 0.303. The molecular formula is C29H24ClN3O2S. The Kier molecular flexibility index (Phi) is 6.38. The van der Waals surface area contributed by atoms with Crippen LogP contribution < -0.4 is 0 Å². The van der Waals surface area contributed by atoms with E-state index in [1.165, 1.54) is 17.3 Å². The zero-order valence-electron chi connectivity index (χ0n) is 19.5. The van der Waals surface area contributed by atoms with Crippen molar-refractivity contribution in [2.24, 2.45) is 11.0 Å². The Labute approximate surface area is 218 Å². The molecule has 1 aliphatic carbocycles. The quantitative estimate of drug-likeness (QED) is 0.261. The number of fused-ring (bicyclic) bond motifs is 2. The van der Waals surface area contributed by atoms with Gasteiger partial charge in [0.05, 0.1) is 17.5 Å². The van der Waals surface area contributed by atoms with E-state index in [-0.39, 0.29) is 23.6 Å². The number of benzene rings is 3. The van der Waals surface area contributed by atoms with Gasteiger partial charge in [-0.2, -0.15) is 5.10 Å². The zero-order valence-corrected chi connectivity index (χ0v) is 21.1. The number of carbonyl (C=O) groups is 1. The molecule has 2 unspecified atom stereocenters. The molecule has 3 aromatic carbocycles. The Balaban J connectivity index is 1.29. The SMILES string of the molecule is O=C(CSc1nc2cc(Cl)ccc2o1)N1N=C2C(=Cc3ccccc3)CCCC2C1c1ccccc1. The third kappa shape index (κ3) is 4.59. The molecule has 6 rings (SSSR count). The summed E-state index contributed by atoms with van der Waals surface area (Å²) in [6.07, 6.45) is 5.27. The van der Waals surface area contributed by atoms with E-state index in [2.05, 4.69) is 35.3 Å². The topological polar surface area (TPSA) is 58.7 Å². The molecule has 180 valence electrons. The van der Waals surface area contributed by atoms with Crippen molar-refractivity contribution in [2.45, 2.75) is 30.5 Å². The molecule has 1 aliphatic heterocycles. The molecule has 1 saturated carbocycles. The van der Waals surface area contributed by atoms with Gasteiger partial charge in [0.25, 0.3) is 11.1 Å². The predicted octanol–water partition coefficient (Wildman–Crippen LogP) is 7.40. The molecular weight excluding hydrogens is 490 g/mol. The first kappa shape index (κ1) is 23.1. The lowest BCUT2D eigenvalue weighted by Gasteiger charge is -2.29. The number of thioether (sulfide) groups is 1. The minimum atomic E-state index is -0.115. The number of allylic oxidation sites excluding steroid dienone is 1. The van der Waals surface area contributed by atoms with E-state index >= 15 is 0 Å². The first-order valence-electron chi connectivity index (χ1n) is 12.1. The Morgan fingerprint density at radius 1 is 1.08 bits per heavy atom. The fourth-order valence-corrected chi connectivity index (χ4v) is 5.93. The number of hydrazone groups is 1. The number of oxazole rings is 1. The van der Waals surface area contributed by atoms with Crippen molar-refractivity contribution in [1.29, 1.82) is 0 Å². The maximum absolute atomic E-state index is 13.6. The van der Waals surface area contributed by atoms with E-state index in [0.717, 1.165) is 36.1 Å². The van der Waals surface area contributed by atoms with Gasteiger partial charge in [-0.15, -0.1) is 0 Å². The van der Waals surface area contributed by atoms with Crippen LogP contribution in [0.1, 0.15) is 36.4 Å². The average molecular weight is 514 g/mol. The molecule has 2 aliphatic rings. The smallest absolute Gasteiger partial charge is 0.257 e. The average Bonchev–Trinajstić information content (AvgIpc) is 3.50. The number of hydrogen-bond donors (Lipinski definition) is 0. The van der Waals surface area contributed by atoms with E-state index in [4.69, 9.17) is 21.1 Å². The molecule has 0 N–H and O–H groups in total. The van der Waals surface area contributed by atoms with Gasteiger partial charge in [-0.1, -0.05) is 84.0 Å². The van der Waals surface area contributed by atoms with Gasteiger partial charge < -0.3 is 4.42 Å². The highest BCUT2D eigenvalue weighted by Gasteiger charge is 2.43. The number of hydrogen-bond acceptors (Lipinski definition) is 5. The van der Waals surface area contributed by atoms with E-state index in [1.807, 2.05) is 36.4 Å². The molecule has 0 spiro atoms. The highest BCUT2D eigenvalue weighted by atomic mass is 35.5. The van der Waals surface area contributed by atoms with Gasteiger partial charge in [-0.05, 0) is 60.2 Å². The lowest BCUT2D eigenvalue weighted by Crippen LogP contribution is -2.32. The van der Waals surface area contributed by atoms with E-state index in [9.17, 15) is 4.79 Å². The Hall–Kier alpha value is -3.35. The fourth-order valence-electron chi connectivity index (χ4n) is 5.07.